The summed E-state index contributed by atoms with van der Waals surface area (Å²) in [5, 5.41) is 0.501. The number of fused-ring (bicyclic) bond motifs is 2. The van der Waals surface area contributed by atoms with Crippen molar-refractivity contribution in [3.05, 3.63) is 95.6 Å². The van der Waals surface area contributed by atoms with E-state index in [1.54, 1.807) is 69.3 Å². The first-order chi connectivity index (χ1) is 18.8. The third-order valence-corrected chi connectivity index (χ3v) is 7.73. The number of halogens is 1. The Morgan fingerprint density at radius 3 is 2.41 bits per heavy atom. The Morgan fingerprint density at radius 2 is 1.72 bits per heavy atom. The average molecular weight is 566 g/mol. The van der Waals surface area contributed by atoms with Crippen LogP contribution in [0.1, 0.15) is 37.9 Å². The largest absolute Gasteiger partial charge is 0.465 e. The number of carbonyl (C=O) groups is 3. The molecule has 0 saturated carbocycles. The Morgan fingerprint density at radius 1 is 1.03 bits per heavy atom. The Hall–Kier alpha value is -4.02. The summed E-state index contributed by atoms with van der Waals surface area (Å²) in [5.41, 5.74) is 2.00. The Balaban J connectivity index is 1.75. The SMILES string of the molecule is CCOC(=O)CN1C(=O)/C(=c2/sc3n(c2=O)[C@@H](c2ccc(Cl)cc2)C(C(=O)OCC)=C(C)N=3)c2ccccc21. The van der Waals surface area contributed by atoms with Crippen molar-refractivity contribution in [2.24, 2.45) is 4.99 Å². The molecule has 39 heavy (non-hydrogen) atoms. The predicted molar refractivity (Wildman–Crippen MR) is 146 cm³/mol. The molecule has 3 aromatic rings. The molecule has 0 saturated heterocycles. The molecule has 11 heteroatoms. The number of anilines is 1. The lowest BCUT2D eigenvalue weighted by Crippen LogP contribution is -2.41. The summed E-state index contributed by atoms with van der Waals surface area (Å²) >= 11 is 7.18. The molecule has 0 unspecified atom stereocenters. The van der Waals surface area contributed by atoms with Crippen molar-refractivity contribution in [2.75, 3.05) is 24.7 Å². The van der Waals surface area contributed by atoms with Crippen molar-refractivity contribution in [3.8, 4) is 0 Å². The fourth-order valence-electron chi connectivity index (χ4n) is 4.79. The van der Waals surface area contributed by atoms with Gasteiger partial charge < -0.3 is 9.47 Å². The van der Waals surface area contributed by atoms with Crippen molar-refractivity contribution < 1.29 is 23.9 Å². The Kier molecular flexibility index (Phi) is 7.24. The molecule has 0 spiro atoms. The molecule has 0 fully saturated rings. The molecule has 2 aliphatic rings. The summed E-state index contributed by atoms with van der Waals surface area (Å²) in [6, 6.07) is 13.0. The lowest BCUT2D eigenvalue weighted by molar-refractivity contribution is -0.142. The molecule has 0 bridgehead atoms. The molecule has 2 aliphatic heterocycles. The summed E-state index contributed by atoms with van der Waals surface area (Å²) in [4.78, 5) is 59.4. The Bertz CT molecular complexity index is 1720. The summed E-state index contributed by atoms with van der Waals surface area (Å²) in [6.45, 7) is 5.12. The molecule has 1 atom stereocenters. The maximum Gasteiger partial charge on any atom is 0.338 e. The third-order valence-electron chi connectivity index (χ3n) is 6.42. The molecular weight excluding hydrogens is 542 g/mol. The fraction of sp³-hybridized carbons (Fsp3) is 0.250. The summed E-state index contributed by atoms with van der Waals surface area (Å²) < 4.78 is 12.0. The number of allylic oxidation sites excluding steroid dienone is 1. The number of ether oxygens (including phenoxy) is 2. The van der Waals surface area contributed by atoms with Crippen molar-refractivity contribution in [3.63, 3.8) is 0 Å². The highest BCUT2D eigenvalue weighted by Gasteiger charge is 2.38. The lowest BCUT2D eigenvalue weighted by atomic mass is 9.96. The van der Waals surface area contributed by atoms with E-state index in [-0.39, 0.29) is 35.4 Å². The predicted octanol–water partition coefficient (Wildman–Crippen LogP) is 2.73. The molecule has 0 radical (unpaired) electrons. The standard InChI is InChI=1S/C28H24ClN3O6S/c1-4-37-20(33)14-31-19-9-7-6-8-18(19)22(25(31)34)24-26(35)32-23(16-10-12-17(29)13-11-16)21(27(36)38-5-2)15(3)30-28(32)39-24/h6-13,23H,4-5,14H2,1-3H3/b24-22+/t23-/m0/s1. The number of rotatable bonds is 6. The zero-order valence-electron chi connectivity index (χ0n) is 21.4. The van der Waals surface area contributed by atoms with Crippen molar-refractivity contribution in [2.45, 2.75) is 26.8 Å². The molecule has 0 aliphatic carbocycles. The number of benzene rings is 2. The van der Waals surface area contributed by atoms with Crippen LogP contribution < -0.4 is 19.8 Å². The van der Waals surface area contributed by atoms with E-state index >= 15 is 0 Å². The minimum absolute atomic E-state index is 0.152. The van der Waals surface area contributed by atoms with Crippen LogP contribution in [0.15, 0.2) is 69.6 Å². The van der Waals surface area contributed by atoms with Crippen LogP contribution >= 0.6 is 22.9 Å². The van der Waals surface area contributed by atoms with Gasteiger partial charge in [0.05, 0.1) is 41.8 Å². The minimum atomic E-state index is -0.839. The number of amides is 1. The molecule has 5 rings (SSSR count). The van der Waals surface area contributed by atoms with E-state index in [2.05, 4.69) is 4.99 Å². The van der Waals surface area contributed by atoms with Gasteiger partial charge in [-0.05, 0) is 44.5 Å². The van der Waals surface area contributed by atoms with Crippen molar-refractivity contribution in [1.82, 2.24) is 4.57 Å². The number of nitrogens with zero attached hydrogens (tertiary/aromatic N) is 3. The number of aromatic nitrogens is 1. The number of hydrogen-bond donors (Lipinski definition) is 0. The number of para-hydroxylation sites is 1. The summed E-state index contributed by atoms with van der Waals surface area (Å²) in [6.07, 6.45) is 0. The molecule has 2 aromatic carbocycles. The van der Waals surface area contributed by atoms with Gasteiger partial charge in [0, 0.05) is 10.6 Å². The molecule has 3 heterocycles. The maximum absolute atomic E-state index is 14.1. The number of carbonyl (C=O) groups excluding carboxylic acids is 3. The van der Waals surface area contributed by atoms with Crippen LogP contribution in [-0.4, -0.2) is 42.2 Å². The highest BCUT2D eigenvalue weighted by atomic mass is 35.5. The van der Waals surface area contributed by atoms with Crippen molar-refractivity contribution in [1.29, 1.82) is 0 Å². The van der Waals surface area contributed by atoms with Crippen LogP contribution in [-0.2, 0) is 23.9 Å². The van der Waals surface area contributed by atoms with Gasteiger partial charge in [-0.3, -0.25) is 23.9 Å². The second-order valence-corrected chi connectivity index (χ2v) is 10.2. The summed E-state index contributed by atoms with van der Waals surface area (Å²) in [7, 11) is 0. The zero-order chi connectivity index (χ0) is 27.8. The van der Waals surface area contributed by atoms with E-state index in [0.29, 0.717) is 32.3 Å². The van der Waals surface area contributed by atoms with Crippen LogP contribution in [0.3, 0.4) is 0 Å². The van der Waals surface area contributed by atoms with Gasteiger partial charge in [-0.2, -0.15) is 0 Å². The van der Waals surface area contributed by atoms with E-state index in [1.165, 1.54) is 9.47 Å². The number of hydrogen-bond acceptors (Lipinski definition) is 8. The normalized spacial score (nSPS) is 17.5. The van der Waals surface area contributed by atoms with Crippen LogP contribution in [0.2, 0.25) is 5.02 Å². The van der Waals surface area contributed by atoms with Crippen LogP contribution in [0, 0.1) is 0 Å². The maximum atomic E-state index is 14.1. The third kappa shape index (κ3) is 4.59. The number of thiazole rings is 1. The van der Waals surface area contributed by atoms with E-state index < -0.39 is 29.4 Å². The molecule has 200 valence electrons. The monoisotopic (exact) mass is 565 g/mol. The van der Waals surface area contributed by atoms with E-state index in [4.69, 9.17) is 21.1 Å². The minimum Gasteiger partial charge on any atom is -0.465 e. The topological polar surface area (TPSA) is 107 Å². The van der Waals surface area contributed by atoms with Crippen LogP contribution in [0.5, 0.6) is 0 Å². The second kappa shape index (κ2) is 10.6. The first-order valence-corrected chi connectivity index (χ1v) is 13.5. The Labute approximate surface area is 232 Å². The molecule has 1 amide bonds. The van der Waals surface area contributed by atoms with Gasteiger partial charge in [-0.1, -0.05) is 53.3 Å². The van der Waals surface area contributed by atoms with Gasteiger partial charge in [0.15, 0.2) is 4.80 Å². The quantitative estimate of drug-likeness (QED) is 0.425. The van der Waals surface area contributed by atoms with E-state index in [9.17, 15) is 19.2 Å². The first-order valence-electron chi connectivity index (χ1n) is 12.3. The average Bonchev–Trinajstić information content (AvgIpc) is 3.36. The summed E-state index contributed by atoms with van der Waals surface area (Å²) in [5.74, 6) is -1.63. The smallest absolute Gasteiger partial charge is 0.338 e. The molecular formula is C28H24ClN3O6S. The molecule has 0 N–H and O–H groups in total. The highest BCUT2D eigenvalue weighted by molar-refractivity contribution is 7.07. The van der Waals surface area contributed by atoms with E-state index in [0.717, 1.165) is 11.3 Å². The number of esters is 2. The fourth-order valence-corrected chi connectivity index (χ4v) is 6.06. The second-order valence-electron chi connectivity index (χ2n) is 8.76. The highest BCUT2D eigenvalue weighted by Crippen LogP contribution is 2.35. The van der Waals surface area contributed by atoms with E-state index in [1.807, 2.05) is 0 Å². The molecule has 1 aromatic heterocycles. The molecule has 9 nitrogen and oxygen atoms in total. The van der Waals surface area contributed by atoms with Crippen LogP contribution in [0.25, 0.3) is 5.57 Å². The van der Waals surface area contributed by atoms with Gasteiger partial charge >= 0.3 is 11.9 Å². The van der Waals surface area contributed by atoms with Gasteiger partial charge in [0.2, 0.25) is 0 Å². The van der Waals surface area contributed by atoms with Crippen LogP contribution in [0.4, 0.5) is 5.69 Å². The van der Waals surface area contributed by atoms with Gasteiger partial charge in [0.1, 0.15) is 11.1 Å². The van der Waals surface area contributed by atoms with Gasteiger partial charge in [0.25, 0.3) is 11.5 Å². The van der Waals surface area contributed by atoms with Gasteiger partial charge in [-0.25, -0.2) is 9.79 Å². The zero-order valence-corrected chi connectivity index (χ0v) is 23.0. The van der Waals surface area contributed by atoms with Gasteiger partial charge in [-0.15, -0.1) is 0 Å². The van der Waals surface area contributed by atoms with Crippen molar-refractivity contribution >= 4 is 52.0 Å². The first kappa shape index (κ1) is 26.6. The lowest BCUT2D eigenvalue weighted by Gasteiger charge is -2.24.